The molecule has 1 unspecified atom stereocenters. The van der Waals surface area contributed by atoms with Crippen molar-refractivity contribution in [2.24, 2.45) is 11.7 Å². The first-order valence-electron chi connectivity index (χ1n) is 9.88. The molecule has 0 aliphatic carbocycles. The molecule has 4 N–H and O–H groups in total. The van der Waals surface area contributed by atoms with Crippen molar-refractivity contribution in [1.82, 2.24) is 15.6 Å². The van der Waals surface area contributed by atoms with Gasteiger partial charge in [-0.15, -0.1) is 0 Å². The number of amides is 4. The highest BCUT2D eigenvalue weighted by molar-refractivity contribution is 6.18. The second-order valence-electron chi connectivity index (χ2n) is 7.42. The third kappa shape index (κ3) is 4.13. The maximum atomic E-state index is 13.0. The summed E-state index contributed by atoms with van der Waals surface area (Å²) >= 11 is 0. The molecule has 9 heteroatoms. The van der Waals surface area contributed by atoms with Crippen LogP contribution in [0, 0.1) is 12.8 Å². The molecule has 1 aliphatic rings. The van der Waals surface area contributed by atoms with Crippen LogP contribution < -0.4 is 21.1 Å². The first-order valence-corrected chi connectivity index (χ1v) is 9.88. The van der Waals surface area contributed by atoms with E-state index in [1.165, 1.54) is 18.2 Å². The fourth-order valence-corrected chi connectivity index (χ4v) is 3.64. The number of imide groups is 1. The fourth-order valence-electron chi connectivity index (χ4n) is 3.64. The molecule has 4 rings (SSSR count). The number of fused-ring (bicyclic) bond motifs is 1. The summed E-state index contributed by atoms with van der Waals surface area (Å²) in [4.78, 5) is 52.8. The predicted molar refractivity (Wildman–Crippen MR) is 115 cm³/mol. The monoisotopic (exact) mass is 432 g/mol. The van der Waals surface area contributed by atoms with Crippen LogP contribution in [0.3, 0.4) is 0 Å². The predicted octanol–water partition coefficient (Wildman–Crippen LogP) is 1.86. The van der Waals surface area contributed by atoms with Crippen LogP contribution in [0.4, 0.5) is 4.79 Å². The minimum atomic E-state index is -1.17. The van der Waals surface area contributed by atoms with Gasteiger partial charge < -0.3 is 15.8 Å². The van der Waals surface area contributed by atoms with Gasteiger partial charge in [-0.2, -0.15) is 0 Å². The second kappa shape index (κ2) is 8.46. The number of Topliss-reactive ketones (excluding diaryl/α,β-unsaturated/α-hetero) is 1. The lowest BCUT2D eigenvalue weighted by molar-refractivity contribution is -0.123. The number of aryl methyl sites for hydroxylation is 1. The number of ketones is 1. The van der Waals surface area contributed by atoms with Gasteiger partial charge in [0.2, 0.25) is 11.8 Å². The van der Waals surface area contributed by atoms with E-state index in [2.05, 4.69) is 10.3 Å². The summed E-state index contributed by atoms with van der Waals surface area (Å²) < 4.78 is 5.91. The van der Waals surface area contributed by atoms with E-state index in [9.17, 15) is 19.2 Å². The SMILES string of the molecule is Cc1cc(COc2ccc(C(N)=O)c(C(=O)C3CNC(=O)NC3=O)c2)c2ccccc2n1. The molecule has 2 aromatic carbocycles. The molecule has 1 atom stereocenters. The number of nitrogens with two attached hydrogens (primary N) is 1. The molecule has 32 heavy (non-hydrogen) atoms. The number of rotatable bonds is 6. The average Bonchev–Trinajstić information content (AvgIpc) is 2.76. The lowest BCUT2D eigenvalue weighted by Gasteiger charge is -2.22. The van der Waals surface area contributed by atoms with Gasteiger partial charge in [-0.1, -0.05) is 18.2 Å². The number of primary amides is 1. The molecule has 1 saturated heterocycles. The number of nitrogens with one attached hydrogen (secondary N) is 2. The van der Waals surface area contributed by atoms with E-state index in [1.54, 1.807) is 0 Å². The number of pyridine rings is 1. The van der Waals surface area contributed by atoms with Crippen molar-refractivity contribution in [1.29, 1.82) is 0 Å². The standard InChI is InChI=1S/C23H20N4O5/c1-12-8-13(15-4-2-3-5-19(15)26-12)11-32-14-6-7-16(21(24)29)17(9-14)20(28)18-10-25-23(31)27-22(18)30/h2-9,18H,10-11H2,1H3,(H2,24,29)(H2,25,27,30,31). The van der Waals surface area contributed by atoms with Crippen molar-refractivity contribution in [2.75, 3.05) is 6.54 Å². The van der Waals surface area contributed by atoms with E-state index < -0.39 is 29.5 Å². The summed E-state index contributed by atoms with van der Waals surface area (Å²) in [6, 6.07) is 13.2. The molecule has 1 fully saturated rings. The fraction of sp³-hybridized carbons (Fsp3) is 0.174. The third-order valence-corrected chi connectivity index (χ3v) is 5.18. The Morgan fingerprint density at radius 3 is 2.66 bits per heavy atom. The Hall–Kier alpha value is -4.27. The molecule has 1 aromatic heterocycles. The van der Waals surface area contributed by atoms with E-state index in [-0.39, 0.29) is 24.3 Å². The van der Waals surface area contributed by atoms with E-state index in [1.807, 2.05) is 42.6 Å². The van der Waals surface area contributed by atoms with Crippen LogP contribution in [0.15, 0.2) is 48.5 Å². The molecule has 9 nitrogen and oxygen atoms in total. The Morgan fingerprint density at radius 2 is 1.91 bits per heavy atom. The number of benzene rings is 2. The highest BCUT2D eigenvalue weighted by Gasteiger charge is 2.34. The normalized spacial score (nSPS) is 15.7. The summed E-state index contributed by atoms with van der Waals surface area (Å²) in [6.07, 6.45) is 0. The first-order chi connectivity index (χ1) is 15.3. The van der Waals surface area contributed by atoms with Crippen molar-refractivity contribution >= 4 is 34.5 Å². The van der Waals surface area contributed by atoms with Gasteiger partial charge in [-0.3, -0.25) is 24.7 Å². The van der Waals surface area contributed by atoms with Crippen molar-refractivity contribution in [3.8, 4) is 5.75 Å². The van der Waals surface area contributed by atoms with Crippen LogP contribution in [-0.4, -0.2) is 35.2 Å². The van der Waals surface area contributed by atoms with Gasteiger partial charge in [0.05, 0.1) is 11.1 Å². The smallest absolute Gasteiger partial charge is 0.321 e. The molecule has 0 spiro atoms. The van der Waals surface area contributed by atoms with Gasteiger partial charge in [0, 0.05) is 28.8 Å². The number of carbonyl (C=O) groups excluding carboxylic acids is 4. The van der Waals surface area contributed by atoms with E-state index in [0.29, 0.717) is 5.75 Å². The van der Waals surface area contributed by atoms with E-state index in [4.69, 9.17) is 10.5 Å². The van der Waals surface area contributed by atoms with Gasteiger partial charge in [0.25, 0.3) is 0 Å². The number of aromatic nitrogens is 1. The van der Waals surface area contributed by atoms with Crippen LogP contribution in [0.2, 0.25) is 0 Å². The summed E-state index contributed by atoms with van der Waals surface area (Å²) in [7, 11) is 0. The van der Waals surface area contributed by atoms with Gasteiger partial charge in [0.15, 0.2) is 5.78 Å². The van der Waals surface area contributed by atoms with Crippen molar-refractivity contribution in [2.45, 2.75) is 13.5 Å². The zero-order valence-electron chi connectivity index (χ0n) is 17.2. The quantitative estimate of drug-likeness (QED) is 0.401. The summed E-state index contributed by atoms with van der Waals surface area (Å²) in [6.45, 7) is 1.92. The van der Waals surface area contributed by atoms with Crippen LogP contribution >= 0.6 is 0 Å². The number of nitrogens with zero attached hydrogens (tertiary/aromatic N) is 1. The number of hydrogen-bond acceptors (Lipinski definition) is 6. The summed E-state index contributed by atoms with van der Waals surface area (Å²) in [5.74, 6) is -3.02. The molecule has 4 amide bonds. The van der Waals surface area contributed by atoms with Crippen LogP contribution in [0.1, 0.15) is 32.0 Å². The number of carbonyl (C=O) groups is 4. The topological polar surface area (TPSA) is 140 Å². The number of ether oxygens (including phenoxy) is 1. The minimum absolute atomic E-state index is 0.0303. The van der Waals surface area contributed by atoms with E-state index in [0.717, 1.165) is 22.2 Å². The molecule has 0 bridgehead atoms. The first kappa shape index (κ1) is 21.0. The molecular formula is C23H20N4O5. The molecule has 1 aliphatic heterocycles. The minimum Gasteiger partial charge on any atom is -0.489 e. The Balaban J connectivity index is 1.63. The second-order valence-corrected chi connectivity index (χ2v) is 7.42. The van der Waals surface area contributed by atoms with E-state index >= 15 is 0 Å². The lowest BCUT2D eigenvalue weighted by atomic mass is 9.92. The number of urea groups is 1. The zero-order chi connectivity index (χ0) is 22.8. The Kier molecular flexibility index (Phi) is 5.55. The Labute approximate surface area is 183 Å². The molecule has 3 aromatic rings. The van der Waals surface area contributed by atoms with Gasteiger partial charge in [0.1, 0.15) is 18.3 Å². The molecule has 2 heterocycles. The maximum absolute atomic E-state index is 13.0. The van der Waals surface area contributed by atoms with Gasteiger partial charge >= 0.3 is 6.03 Å². The molecular weight excluding hydrogens is 412 g/mol. The average molecular weight is 432 g/mol. The Morgan fingerprint density at radius 1 is 1.12 bits per heavy atom. The van der Waals surface area contributed by atoms with Crippen LogP contribution in [0.25, 0.3) is 10.9 Å². The van der Waals surface area contributed by atoms with Gasteiger partial charge in [-0.25, -0.2) is 4.79 Å². The third-order valence-electron chi connectivity index (χ3n) is 5.18. The maximum Gasteiger partial charge on any atom is 0.321 e. The highest BCUT2D eigenvalue weighted by Crippen LogP contribution is 2.24. The highest BCUT2D eigenvalue weighted by atomic mass is 16.5. The zero-order valence-corrected chi connectivity index (χ0v) is 17.2. The molecule has 0 radical (unpaired) electrons. The number of hydrogen-bond donors (Lipinski definition) is 3. The lowest BCUT2D eigenvalue weighted by Crippen LogP contribution is -2.54. The van der Waals surface area contributed by atoms with Crippen LogP contribution in [0.5, 0.6) is 5.75 Å². The number of para-hydroxylation sites is 1. The van der Waals surface area contributed by atoms with Crippen molar-refractivity contribution < 1.29 is 23.9 Å². The van der Waals surface area contributed by atoms with Gasteiger partial charge in [-0.05, 0) is 37.3 Å². The largest absolute Gasteiger partial charge is 0.489 e. The summed E-state index contributed by atoms with van der Waals surface area (Å²) in [5, 5.41) is 5.39. The van der Waals surface area contributed by atoms with Crippen molar-refractivity contribution in [3.63, 3.8) is 0 Å². The molecule has 0 saturated carbocycles. The van der Waals surface area contributed by atoms with Crippen molar-refractivity contribution in [3.05, 3.63) is 70.9 Å². The van der Waals surface area contributed by atoms with Crippen LogP contribution in [-0.2, 0) is 11.4 Å². The molecule has 162 valence electrons. The Bertz CT molecular complexity index is 1270. The summed E-state index contributed by atoms with van der Waals surface area (Å²) in [5.41, 5.74) is 7.95.